The molecule has 7 heteroatoms. The van der Waals surface area contributed by atoms with E-state index in [1.54, 1.807) is 0 Å². The molecular weight excluding hydrogens is 274 g/mol. The van der Waals surface area contributed by atoms with Gasteiger partial charge in [-0.25, -0.2) is 4.79 Å². The van der Waals surface area contributed by atoms with E-state index >= 15 is 0 Å². The third-order valence-corrected chi connectivity index (χ3v) is 4.33. The lowest BCUT2D eigenvalue weighted by molar-refractivity contribution is -0.143. The number of piperidine rings is 1. The molecule has 7 nitrogen and oxygen atoms in total. The van der Waals surface area contributed by atoms with Crippen LogP contribution in [0.15, 0.2) is 0 Å². The zero-order valence-electron chi connectivity index (χ0n) is 12.4. The molecule has 0 unspecified atom stereocenters. The quantitative estimate of drug-likeness (QED) is 0.555. The van der Waals surface area contributed by atoms with Crippen LogP contribution < -0.4 is 5.32 Å². The number of nitrogens with one attached hydrogen (secondary N) is 1. The molecule has 2 rings (SSSR count). The van der Waals surface area contributed by atoms with Gasteiger partial charge in [-0.15, -0.1) is 0 Å². The summed E-state index contributed by atoms with van der Waals surface area (Å²) in [6.45, 7) is 4.14. The number of carboxylic acids is 1. The van der Waals surface area contributed by atoms with Gasteiger partial charge in [-0.1, -0.05) is 19.8 Å². The number of carboxylic acid groups (broad SMARTS) is 1. The molecule has 2 heterocycles. The smallest absolute Gasteiger partial charge is 0.325 e. The summed E-state index contributed by atoms with van der Waals surface area (Å²) in [4.78, 5) is 38.0. The summed E-state index contributed by atoms with van der Waals surface area (Å²) in [5, 5.41) is 11.5. The lowest BCUT2D eigenvalue weighted by Crippen LogP contribution is -2.55. The normalized spacial score (nSPS) is 21.9. The van der Waals surface area contributed by atoms with Crippen molar-refractivity contribution in [2.45, 2.75) is 44.6 Å². The fourth-order valence-corrected chi connectivity index (χ4v) is 3.04. The average Bonchev–Trinajstić information content (AvgIpc) is 2.66. The highest BCUT2D eigenvalue weighted by molar-refractivity contribution is 6.08. The van der Waals surface area contributed by atoms with Gasteiger partial charge in [-0.2, -0.15) is 0 Å². The van der Waals surface area contributed by atoms with Crippen molar-refractivity contribution < 1.29 is 19.5 Å². The molecule has 0 aromatic rings. The molecule has 0 radical (unpaired) electrons. The number of carbonyl (C=O) groups is 3. The Bertz CT molecular complexity index is 430. The molecule has 2 saturated heterocycles. The van der Waals surface area contributed by atoms with Crippen LogP contribution in [-0.2, 0) is 9.59 Å². The predicted molar refractivity (Wildman–Crippen MR) is 75.8 cm³/mol. The van der Waals surface area contributed by atoms with Gasteiger partial charge >= 0.3 is 12.0 Å². The summed E-state index contributed by atoms with van der Waals surface area (Å²) in [5.74, 6) is -1.56. The second-order valence-electron chi connectivity index (χ2n) is 5.85. The highest BCUT2D eigenvalue weighted by Crippen LogP contribution is 2.29. The molecule has 0 bridgehead atoms. The van der Waals surface area contributed by atoms with Gasteiger partial charge in [0, 0.05) is 13.1 Å². The Morgan fingerprint density at radius 1 is 1.29 bits per heavy atom. The van der Waals surface area contributed by atoms with Gasteiger partial charge in [-0.3, -0.25) is 14.5 Å². The van der Waals surface area contributed by atoms with E-state index < -0.39 is 24.1 Å². The van der Waals surface area contributed by atoms with Gasteiger partial charge in [0.1, 0.15) is 12.1 Å². The van der Waals surface area contributed by atoms with Gasteiger partial charge in [0.05, 0.1) is 0 Å². The fraction of sp³-hybridized carbons (Fsp3) is 0.786. The number of carbonyl (C=O) groups excluding carboxylic acids is 2. The molecule has 1 spiro atoms. The van der Waals surface area contributed by atoms with Gasteiger partial charge < -0.3 is 15.3 Å². The van der Waals surface area contributed by atoms with E-state index in [2.05, 4.69) is 17.1 Å². The van der Waals surface area contributed by atoms with E-state index in [9.17, 15) is 14.4 Å². The van der Waals surface area contributed by atoms with Gasteiger partial charge in [0.15, 0.2) is 0 Å². The summed E-state index contributed by atoms with van der Waals surface area (Å²) in [7, 11) is 0. The number of urea groups is 1. The first-order valence-corrected chi connectivity index (χ1v) is 7.57. The van der Waals surface area contributed by atoms with Crippen LogP contribution in [0.5, 0.6) is 0 Å². The molecule has 2 N–H and O–H groups in total. The van der Waals surface area contributed by atoms with E-state index in [1.165, 1.54) is 12.8 Å². The van der Waals surface area contributed by atoms with Gasteiger partial charge in [-0.05, 0) is 25.8 Å². The SMILES string of the molecule is CCCCCN1CCC2(CC1)NC(=O)N(CC(=O)O)C2=O. The van der Waals surface area contributed by atoms with Crippen molar-refractivity contribution in [3.8, 4) is 0 Å². The minimum Gasteiger partial charge on any atom is -0.480 e. The molecule has 0 aromatic heterocycles. The average molecular weight is 297 g/mol. The summed E-state index contributed by atoms with van der Waals surface area (Å²) in [5.41, 5.74) is -0.881. The highest BCUT2D eigenvalue weighted by Gasteiger charge is 2.52. The van der Waals surface area contributed by atoms with Crippen molar-refractivity contribution in [3.63, 3.8) is 0 Å². The van der Waals surface area contributed by atoms with Crippen LogP contribution in [0.25, 0.3) is 0 Å². The third-order valence-electron chi connectivity index (χ3n) is 4.33. The number of amides is 3. The number of hydrogen-bond donors (Lipinski definition) is 2. The number of rotatable bonds is 6. The Morgan fingerprint density at radius 2 is 1.95 bits per heavy atom. The molecule has 3 amide bonds. The molecule has 2 aliphatic rings. The molecule has 0 aliphatic carbocycles. The Kier molecular flexibility index (Phi) is 4.82. The number of nitrogens with zero attached hydrogens (tertiary/aromatic N) is 2. The van der Waals surface area contributed by atoms with E-state index in [0.29, 0.717) is 12.8 Å². The van der Waals surface area contributed by atoms with Crippen LogP contribution in [0.4, 0.5) is 4.79 Å². The number of aliphatic carboxylic acids is 1. The van der Waals surface area contributed by atoms with Crippen LogP contribution in [0.1, 0.15) is 39.0 Å². The first-order chi connectivity index (χ1) is 9.98. The maximum absolute atomic E-state index is 12.4. The van der Waals surface area contributed by atoms with Crippen molar-refractivity contribution >= 4 is 17.9 Å². The number of imide groups is 1. The summed E-state index contributed by atoms with van der Waals surface area (Å²) < 4.78 is 0. The lowest BCUT2D eigenvalue weighted by Gasteiger charge is -2.37. The van der Waals surface area contributed by atoms with Crippen LogP contribution >= 0.6 is 0 Å². The third kappa shape index (κ3) is 3.34. The number of likely N-dealkylation sites (tertiary alicyclic amines) is 1. The molecule has 21 heavy (non-hydrogen) atoms. The molecule has 0 saturated carbocycles. The summed E-state index contributed by atoms with van der Waals surface area (Å²) in [6.07, 6.45) is 4.63. The Labute approximate surface area is 124 Å². The van der Waals surface area contributed by atoms with Crippen molar-refractivity contribution in [1.82, 2.24) is 15.1 Å². The zero-order valence-corrected chi connectivity index (χ0v) is 12.4. The first kappa shape index (κ1) is 15.8. The molecule has 118 valence electrons. The Balaban J connectivity index is 1.92. The van der Waals surface area contributed by atoms with Gasteiger partial charge in [0.2, 0.25) is 0 Å². The Hall–Kier alpha value is -1.63. The maximum atomic E-state index is 12.4. The van der Waals surface area contributed by atoms with Crippen molar-refractivity contribution in [3.05, 3.63) is 0 Å². The van der Waals surface area contributed by atoms with Crippen LogP contribution in [0, 0.1) is 0 Å². The summed E-state index contributed by atoms with van der Waals surface area (Å²) >= 11 is 0. The molecule has 0 aromatic carbocycles. The predicted octanol–water partition coefficient (Wildman–Crippen LogP) is 0.648. The summed E-state index contributed by atoms with van der Waals surface area (Å²) in [6, 6.07) is -0.582. The Morgan fingerprint density at radius 3 is 2.52 bits per heavy atom. The second-order valence-corrected chi connectivity index (χ2v) is 5.85. The van der Waals surface area contributed by atoms with E-state index in [1.807, 2.05) is 0 Å². The largest absolute Gasteiger partial charge is 0.480 e. The van der Waals surface area contributed by atoms with Crippen molar-refractivity contribution in [2.75, 3.05) is 26.2 Å². The number of hydrogen-bond acceptors (Lipinski definition) is 4. The standard InChI is InChI=1S/C14H23N3O4/c1-2-3-4-7-16-8-5-14(6-9-16)12(20)17(10-11(18)19)13(21)15-14/h2-10H2,1H3,(H,15,21)(H,18,19). The highest BCUT2D eigenvalue weighted by atomic mass is 16.4. The fourth-order valence-electron chi connectivity index (χ4n) is 3.04. The van der Waals surface area contributed by atoms with Crippen LogP contribution in [0.2, 0.25) is 0 Å². The van der Waals surface area contributed by atoms with Crippen LogP contribution in [-0.4, -0.2) is 64.5 Å². The van der Waals surface area contributed by atoms with Crippen molar-refractivity contribution in [1.29, 1.82) is 0 Å². The molecule has 2 aliphatic heterocycles. The maximum Gasteiger partial charge on any atom is 0.325 e. The van der Waals surface area contributed by atoms with E-state index in [4.69, 9.17) is 5.11 Å². The lowest BCUT2D eigenvalue weighted by atomic mass is 9.87. The minimum absolute atomic E-state index is 0.386. The van der Waals surface area contributed by atoms with Gasteiger partial charge in [0.25, 0.3) is 5.91 Å². The number of unbranched alkanes of at least 4 members (excludes halogenated alkanes) is 2. The molecular formula is C14H23N3O4. The monoisotopic (exact) mass is 297 g/mol. The molecule has 0 atom stereocenters. The molecule has 2 fully saturated rings. The van der Waals surface area contributed by atoms with E-state index in [0.717, 1.165) is 31.0 Å². The van der Waals surface area contributed by atoms with Crippen LogP contribution in [0.3, 0.4) is 0 Å². The second kappa shape index (κ2) is 6.43. The minimum atomic E-state index is -1.17. The zero-order chi connectivity index (χ0) is 15.5. The first-order valence-electron chi connectivity index (χ1n) is 7.57. The van der Waals surface area contributed by atoms with Crippen molar-refractivity contribution in [2.24, 2.45) is 0 Å². The van der Waals surface area contributed by atoms with E-state index in [-0.39, 0.29) is 5.91 Å². The topological polar surface area (TPSA) is 90.0 Å².